The molecule has 2 aromatic rings. The fourth-order valence-corrected chi connectivity index (χ4v) is 1.99. The molecule has 4 nitrogen and oxygen atoms in total. The lowest BCUT2D eigenvalue weighted by atomic mass is 10.0. The normalized spacial score (nSPS) is 11.1. The van der Waals surface area contributed by atoms with Gasteiger partial charge in [-0.3, -0.25) is 4.98 Å². The number of methoxy groups -OCH3 is 2. The van der Waals surface area contributed by atoms with Crippen LogP contribution in [0.25, 0.3) is 16.8 Å². The number of carbonyl (C=O) groups excluding carboxylic acids is 1. The van der Waals surface area contributed by atoms with Gasteiger partial charge in [-0.1, -0.05) is 12.1 Å². The molecule has 0 fully saturated rings. The van der Waals surface area contributed by atoms with Gasteiger partial charge in [-0.2, -0.15) is 0 Å². The van der Waals surface area contributed by atoms with E-state index >= 15 is 0 Å². The SMILES string of the molecule is COC(=O)/C=C(\C)c1ccc(OC)c(-c2ccccn2)c1. The number of nitrogens with zero attached hydrogens (tertiary/aromatic N) is 1. The number of aromatic nitrogens is 1. The molecule has 108 valence electrons. The average molecular weight is 283 g/mol. The molecule has 0 N–H and O–H groups in total. The predicted octanol–water partition coefficient (Wildman–Crippen LogP) is 3.33. The van der Waals surface area contributed by atoms with Crippen molar-refractivity contribution in [1.82, 2.24) is 4.98 Å². The molecule has 21 heavy (non-hydrogen) atoms. The predicted molar refractivity (Wildman–Crippen MR) is 81.9 cm³/mol. The summed E-state index contributed by atoms with van der Waals surface area (Å²) in [6, 6.07) is 11.4. The lowest BCUT2D eigenvalue weighted by molar-refractivity contribution is -0.134. The van der Waals surface area contributed by atoms with Crippen LogP contribution in [0.2, 0.25) is 0 Å². The molecule has 0 unspecified atom stereocenters. The molecule has 0 aliphatic heterocycles. The zero-order valence-corrected chi connectivity index (χ0v) is 12.3. The second kappa shape index (κ2) is 6.70. The number of allylic oxidation sites excluding steroid dienone is 1. The molecule has 0 amide bonds. The van der Waals surface area contributed by atoms with Crippen LogP contribution in [0, 0.1) is 0 Å². The molecule has 0 aliphatic rings. The van der Waals surface area contributed by atoms with Crippen molar-refractivity contribution < 1.29 is 14.3 Å². The monoisotopic (exact) mass is 283 g/mol. The van der Waals surface area contributed by atoms with E-state index in [2.05, 4.69) is 9.72 Å². The molecule has 0 spiro atoms. The van der Waals surface area contributed by atoms with Gasteiger partial charge in [0, 0.05) is 17.8 Å². The molecule has 0 atom stereocenters. The van der Waals surface area contributed by atoms with Crippen molar-refractivity contribution in [1.29, 1.82) is 0 Å². The topological polar surface area (TPSA) is 48.4 Å². The largest absolute Gasteiger partial charge is 0.496 e. The Balaban J connectivity index is 2.48. The van der Waals surface area contributed by atoms with Crippen molar-refractivity contribution >= 4 is 11.5 Å². The fraction of sp³-hybridized carbons (Fsp3) is 0.176. The van der Waals surface area contributed by atoms with Crippen molar-refractivity contribution in [2.24, 2.45) is 0 Å². The van der Waals surface area contributed by atoms with E-state index in [0.717, 1.165) is 28.1 Å². The first kappa shape index (κ1) is 14.8. The van der Waals surface area contributed by atoms with Crippen molar-refractivity contribution in [3.63, 3.8) is 0 Å². The Bertz CT molecular complexity index is 663. The lowest BCUT2D eigenvalue weighted by Gasteiger charge is -2.10. The number of hydrogen-bond donors (Lipinski definition) is 0. The molecule has 1 heterocycles. The van der Waals surface area contributed by atoms with Crippen molar-refractivity contribution in [3.8, 4) is 17.0 Å². The van der Waals surface area contributed by atoms with Gasteiger partial charge in [0.1, 0.15) is 5.75 Å². The summed E-state index contributed by atoms with van der Waals surface area (Å²) in [4.78, 5) is 15.7. The first-order valence-corrected chi connectivity index (χ1v) is 6.51. The van der Waals surface area contributed by atoms with E-state index in [1.165, 1.54) is 13.2 Å². The molecule has 0 radical (unpaired) electrons. The number of hydrogen-bond acceptors (Lipinski definition) is 4. The van der Waals surface area contributed by atoms with Gasteiger partial charge in [-0.15, -0.1) is 0 Å². The van der Waals surface area contributed by atoms with Gasteiger partial charge in [0.2, 0.25) is 0 Å². The Morgan fingerprint density at radius 3 is 2.62 bits per heavy atom. The summed E-state index contributed by atoms with van der Waals surface area (Å²) in [6.45, 7) is 1.86. The van der Waals surface area contributed by atoms with Crippen molar-refractivity contribution in [2.45, 2.75) is 6.92 Å². The third-order valence-corrected chi connectivity index (χ3v) is 3.13. The number of esters is 1. The minimum atomic E-state index is -0.372. The summed E-state index contributed by atoms with van der Waals surface area (Å²) >= 11 is 0. The summed E-state index contributed by atoms with van der Waals surface area (Å²) < 4.78 is 10.0. The third kappa shape index (κ3) is 3.48. The van der Waals surface area contributed by atoms with Crippen LogP contribution < -0.4 is 4.74 Å². The first-order valence-electron chi connectivity index (χ1n) is 6.51. The third-order valence-electron chi connectivity index (χ3n) is 3.13. The van der Waals surface area contributed by atoms with E-state index in [-0.39, 0.29) is 5.97 Å². The first-order chi connectivity index (χ1) is 10.2. The Kier molecular flexibility index (Phi) is 4.72. The average Bonchev–Trinajstić information content (AvgIpc) is 2.54. The molecule has 1 aromatic heterocycles. The Hall–Kier alpha value is -2.62. The molecule has 4 heteroatoms. The van der Waals surface area contributed by atoms with E-state index in [1.807, 2.05) is 43.3 Å². The molecular formula is C17H17NO3. The van der Waals surface area contributed by atoms with Crippen LogP contribution in [0.15, 0.2) is 48.7 Å². The Morgan fingerprint density at radius 1 is 1.19 bits per heavy atom. The van der Waals surface area contributed by atoms with Gasteiger partial charge in [-0.25, -0.2) is 4.79 Å². The number of rotatable bonds is 4. The number of ether oxygens (including phenoxy) is 2. The van der Waals surface area contributed by atoms with Gasteiger partial charge in [0.25, 0.3) is 0 Å². The molecule has 0 bridgehead atoms. The zero-order chi connectivity index (χ0) is 15.2. The van der Waals surface area contributed by atoms with Gasteiger partial charge in [-0.05, 0) is 42.3 Å². The van der Waals surface area contributed by atoms with Crippen LogP contribution in [-0.2, 0) is 9.53 Å². The van der Waals surface area contributed by atoms with Gasteiger partial charge >= 0.3 is 5.97 Å². The van der Waals surface area contributed by atoms with E-state index in [1.54, 1.807) is 13.3 Å². The minimum absolute atomic E-state index is 0.372. The second-order valence-electron chi connectivity index (χ2n) is 4.48. The van der Waals surface area contributed by atoms with Gasteiger partial charge in [0.05, 0.1) is 19.9 Å². The maximum atomic E-state index is 11.3. The highest BCUT2D eigenvalue weighted by molar-refractivity contribution is 5.91. The van der Waals surface area contributed by atoms with E-state index in [0.29, 0.717) is 0 Å². The smallest absolute Gasteiger partial charge is 0.330 e. The fourth-order valence-electron chi connectivity index (χ4n) is 1.99. The van der Waals surface area contributed by atoms with Crippen LogP contribution in [0.3, 0.4) is 0 Å². The molecule has 0 saturated heterocycles. The van der Waals surface area contributed by atoms with Crippen molar-refractivity contribution in [2.75, 3.05) is 14.2 Å². The lowest BCUT2D eigenvalue weighted by Crippen LogP contribution is -1.96. The summed E-state index contributed by atoms with van der Waals surface area (Å²) in [5.74, 6) is 0.367. The van der Waals surface area contributed by atoms with E-state index in [4.69, 9.17) is 4.74 Å². The molecule has 0 saturated carbocycles. The number of carbonyl (C=O) groups is 1. The van der Waals surface area contributed by atoms with Crippen LogP contribution in [-0.4, -0.2) is 25.2 Å². The molecular weight excluding hydrogens is 266 g/mol. The van der Waals surface area contributed by atoms with E-state index < -0.39 is 0 Å². The van der Waals surface area contributed by atoms with Gasteiger partial charge < -0.3 is 9.47 Å². The highest BCUT2D eigenvalue weighted by Gasteiger charge is 2.09. The second-order valence-corrected chi connectivity index (χ2v) is 4.48. The van der Waals surface area contributed by atoms with Gasteiger partial charge in [0.15, 0.2) is 0 Å². The summed E-state index contributed by atoms with van der Waals surface area (Å²) in [6.07, 6.45) is 3.20. The zero-order valence-electron chi connectivity index (χ0n) is 12.3. The highest BCUT2D eigenvalue weighted by Crippen LogP contribution is 2.31. The quantitative estimate of drug-likeness (QED) is 0.638. The Labute approximate surface area is 124 Å². The maximum Gasteiger partial charge on any atom is 0.330 e. The standard InChI is InChI=1S/C17H17NO3/c1-12(10-17(19)21-3)13-7-8-16(20-2)14(11-13)15-6-4-5-9-18-15/h4-11H,1-3H3/b12-10+. The molecule has 1 aromatic carbocycles. The van der Waals surface area contributed by atoms with Crippen LogP contribution in [0.4, 0.5) is 0 Å². The van der Waals surface area contributed by atoms with Crippen LogP contribution in [0.1, 0.15) is 12.5 Å². The number of benzene rings is 1. The molecule has 2 rings (SSSR count). The summed E-state index contributed by atoms with van der Waals surface area (Å²) in [5, 5.41) is 0. The van der Waals surface area contributed by atoms with Crippen LogP contribution in [0.5, 0.6) is 5.75 Å². The number of pyridine rings is 1. The highest BCUT2D eigenvalue weighted by atomic mass is 16.5. The van der Waals surface area contributed by atoms with Crippen molar-refractivity contribution in [3.05, 3.63) is 54.2 Å². The van der Waals surface area contributed by atoms with Crippen LogP contribution >= 0.6 is 0 Å². The minimum Gasteiger partial charge on any atom is -0.496 e. The summed E-state index contributed by atoms with van der Waals surface area (Å²) in [7, 11) is 2.98. The Morgan fingerprint density at radius 2 is 2.00 bits per heavy atom. The van der Waals surface area contributed by atoms with E-state index in [9.17, 15) is 4.79 Å². The summed E-state index contributed by atoms with van der Waals surface area (Å²) in [5.41, 5.74) is 3.44. The maximum absolute atomic E-state index is 11.3. The molecule has 0 aliphatic carbocycles.